The van der Waals surface area contributed by atoms with Crippen molar-refractivity contribution in [2.45, 2.75) is 37.5 Å². The van der Waals surface area contributed by atoms with Crippen molar-refractivity contribution in [1.29, 1.82) is 0 Å². The fraction of sp³-hybridized carbons (Fsp3) is 0.222. The van der Waals surface area contributed by atoms with Crippen LogP contribution in [0.25, 0.3) is 21.3 Å². The van der Waals surface area contributed by atoms with Crippen LogP contribution in [0.1, 0.15) is 18.9 Å². The van der Waals surface area contributed by atoms with Gasteiger partial charge in [-0.25, -0.2) is 4.98 Å². The molecule has 1 atom stereocenters. The summed E-state index contributed by atoms with van der Waals surface area (Å²) in [5.74, 6) is 0.128. The molecule has 5 nitrogen and oxygen atoms in total. The quantitative estimate of drug-likeness (QED) is 0.180. The third kappa shape index (κ3) is 5.66. The first kappa shape index (κ1) is 24.0. The molecule has 0 spiro atoms. The van der Waals surface area contributed by atoms with Crippen LogP contribution in [-0.4, -0.2) is 27.3 Å². The van der Waals surface area contributed by atoms with Gasteiger partial charge in [-0.2, -0.15) is 0 Å². The second-order valence-corrected chi connectivity index (χ2v) is 9.88. The molecule has 0 aliphatic heterocycles. The Morgan fingerprint density at radius 3 is 2.59 bits per heavy atom. The molecular formula is C27H27N3O2S2. The predicted molar refractivity (Wildman–Crippen MR) is 143 cm³/mol. The van der Waals surface area contributed by atoms with Crippen molar-refractivity contribution >= 4 is 39.2 Å². The van der Waals surface area contributed by atoms with Crippen LogP contribution >= 0.6 is 23.1 Å². The van der Waals surface area contributed by atoms with E-state index in [1.54, 1.807) is 10.6 Å². The summed E-state index contributed by atoms with van der Waals surface area (Å²) in [4.78, 5) is 31.4. The number of hydrogen-bond acceptors (Lipinski definition) is 5. The van der Waals surface area contributed by atoms with Gasteiger partial charge < -0.3 is 5.32 Å². The van der Waals surface area contributed by atoms with Crippen LogP contribution in [0.15, 0.2) is 88.6 Å². The zero-order chi connectivity index (χ0) is 23.9. The Kier molecular flexibility index (Phi) is 7.98. The number of allylic oxidation sites excluding steroid dienone is 1. The monoisotopic (exact) mass is 489 g/mol. The molecule has 0 fully saturated rings. The van der Waals surface area contributed by atoms with E-state index in [1.807, 2.05) is 60.8 Å². The maximum absolute atomic E-state index is 13.4. The summed E-state index contributed by atoms with van der Waals surface area (Å²) in [7, 11) is 0. The van der Waals surface area contributed by atoms with E-state index in [-0.39, 0.29) is 23.3 Å². The van der Waals surface area contributed by atoms with Gasteiger partial charge >= 0.3 is 0 Å². The second-order valence-electron chi connectivity index (χ2n) is 8.08. The Morgan fingerprint density at radius 2 is 1.88 bits per heavy atom. The molecule has 0 aliphatic carbocycles. The van der Waals surface area contributed by atoms with Crippen LogP contribution in [0.4, 0.5) is 0 Å². The molecule has 34 heavy (non-hydrogen) atoms. The minimum Gasteiger partial charge on any atom is -0.353 e. The highest BCUT2D eigenvalue weighted by atomic mass is 32.2. The van der Waals surface area contributed by atoms with Gasteiger partial charge in [-0.3, -0.25) is 14.2 Å². The van der Waals surface area contributed by atoms with Crippen LogP contribution < -0.4 is 10.9 Å². The van der Waals surface area contributed by atoms with Gasteiger partial charge in [0, 0.05) is 23.5 Å². The van der Waals surface area contributed by atoms with Gasteiger partial charge in [-0.1, -0.05) is 78.5 Å². The van der Waals surface area contributed by atoms with Crippen molar-refractivity contribution in [3.63, 3.8) is 0 Å². The summed E-state index contributed by atoms with van der Waals surface area (Å²) in [6, 6.07) is 20.2. The van der Waals surface area contributed by atoms with E-state index < -0.39 is 0 Å². The van der Waals surface area contributed by atoms with Gasteiger partial charge in [0.25, 0.3) is 5.56 Å². The molecule has 1 amide bonds. The summed E-state index contributed by atoms with van der Waals surface area (Å²) < 4.78 is 1.60. The van der Waals surface area contributed by atoms with Gasteiger partial charge in [-0.05, 0) is 30.9 Å². The van der Waals surface area contributed by atoms with E-state index in [2.05, 4.69) is 24.0 Å². The predicted octanol–water partition coefficient (Wildman–Crippen LogP) is 5.54. The van der Waals surface area contributed by atoms with Gasteiger partial charge in [0.15, 0.2) is 5.16 Å². The second kappa shape index (κ2) is 11.3. The van der Waals surface area contributed by atoms with E-state index in [1.165, 1.54) is 28.7 Å². The lowest BCUT2D eigenvalue weighted by molar-refractivity contribution is -0.119. The summed E-state index contributed by atoms with van der Waals surface area (Å²) in [5.41, 5.74) is 3.03. The Balaban J connectivity index is 1.47. The number of benzene rings is 2. The van der Waals surface area contributed by atoms with E-state index in [0.717, 1.165) is 24.0 Å². The molecule has 2 aromatic carbocycles. The zero-order valence-corrected chi connectivity index (χ0v) is 20.7. The fourth-order valence-corrected chi connectivity index (χ4v) is 5.59. The van der Waals surface area contributed by atoms with Gasteiger partial charge in [0.1, 0.15) is 4.83 Å². The Hall–Kier alpha value is -3.16. The number of carbonyl (C=O) groups excluding carboxylic acids is 1. The molecule has 0 radical (unpaired) electrons. The van der Waals surface area contributed by atoms with Gasteiger partial charge in [0.05, 0.1) is 11.1 Å². The van der Waals surface area contributed by atoms with Crippen LogP contribution in [0, 0.1) is 0 Å². The third-order valence-corrected chi connectivity index (χ3v) is 7.35. The molecule has 2 aromatic heterocycles. The Morgan fingerprint density at radius 1 is 1.18 bits per heavy atom. The molecule has 4 rings (SSSR count). The van der Waals surface area contributed by atoms with Crippen molar-refractivity contribution in [1.82, 2.24) is 14.9 Å². The number of thioether (sulfide) groups is 1. The summed E-state index contributed by atoms with van der Waals surface area (Å²) in [6.45, 7) is 6.14. The lowest BCUT2D eigenvalue weighted by Crippen LogP contribution is -2.34. The van der Waals surface area contributed by atoms with Crippen molar-refractivity contribution < 1.29 is 4.79 Å². The number of amides is 1. The van der Waals surface area contributed by atoms with Crippen molar-refractivity contribution in [2.24, 2.45) is 0 Å². The number of aryl methyl sites for hydroxylation is 1. The molecule has 4 aromatic rings. The van der Waals surface area contributed by atoms with E-state index in [4.69, 9.17) is 4.98 Å². The number of aromatic nitrogens is 2. The number of nitrogens with one attached hydrogen (secondary N) is 1. The summed E-state index contributed by atoms with van der Waals surface area (Å²) in [5, 5.41) is 6.18. The Labute approximate surface area is 207 Å². The minimum absolute atomic E-state index is 0.0600. The maximum atomic E-state index is 13.4. The molecule has 7 heteroatoms. The lowest BCUT2D eigenvalue weighted by atomic mass is 10.1. The first-order chi connectivity index (χ1) is 16.6. The molecule has 174 valence electrons. The van der Waals surface area contributed by atoms with Gasteiger partial charge in [-0.15, -0.1) is 17.9 Å². The lowest BCUT2D eigenvalue weighted by Gasteiger charge is -2.14. The number of carbonyl (C=O) groups is 1. The highest BCUT2D eigenvalue weighted by molar-refractivity contribution is 7.99. The number of nitrogens with zero attached hydrogens (tertiary/aromatic N) is 2. The highest BCUT2D eigenvalue weighted by Crippen LogP contribution is 2.32. The largest absolute Gasteiger partial charge is 0.353 e. The van der Waals surface area contributed by atoms with E-state index in [0.29, 0.717) is 21.9 Å². The van der Waals surface area contributed by atoms with Crippen LogP contribution in [0.5, 0.6) is 0 Å². The molecule has 0 saturated carbocycles. The summed E-state index contributed by atoms with van der Waals surface area (Å²) >= 11 is 2.73. The average Bonchev–Trinajstić information content (AvgIpc) is 3.29. The fourth-order valence-electron chi connectivity index (χ4n) is 3.78. The van der Waals surface area contributed by atoms with Crippen LogP contribution in [-0.2, 0) is 17.8 Å². The number of rotatable bonds is 10. The molecule has 1 N–H and O–H groups in total. The standard InChI is InChI=1S/C27H27N3O2S2/c1-3-16-30-26(32)24-22(21-12-8-5-9-13-21)17-33-25(24)29-27(30)34-18-23(31)28-19(2)14-15-20-10-6-4-7-11-20/h3-13,17,19H,1,14-16,18H2,2H3,(H,28,31)/t19-/m0/s1. The van der Waals surface area contributed by atoms with Crippen molar-refractivity contribution in [3.8, 4) is 11.1 Å². The molecule has 0 bridgehead atoms. The third-order valence-electron chi connectivity index (χ3n) is 5.50. The van der Waals surface area contributed by atoms with E-state index in [9.17, 15) is 9.59 Å². The smallest absolute Gasteiger partial charge is 0.263 e. The first-order valence-electron chi connectivity index (χ1n) is 11.2. The zero-order valence-electron chi connectivity index (χ0n) is 19.1. The Bertz CT molecular complexity index is 1330. The molecule has 0 saturated heterocycles. The van der Waals surface area contributed by atoms with Crippen LogP contribution in [0.2, 0.25) is 0 Å². The van der Waals surface area contributed by atoms with E-state index >= 15 is 0 Å². The molecular weight excluding hydrogens is 462 g/mol. The minimum atomic E-state index is -0.107. The summed E-state index contributed by atoms with van der Waals surface area (Å²) in [6.07, 6.45) is 3.46. The topological polar surface area (TPSA) is 64.0 Å². The highest BCUT2D eigenvalue weighted by Gasteiger charge is 2.18. The molecule has 2 heterocycles. The normalized spacial score (nSPS) is 11.9. The number of thiophene rings is 1. The van der Waals surface area contributed by atoms with Crippen LogP contribution in [0.3, 0.4) is 0 Å². The first-order valence-corrected chi connectivity index (χ1v) is 13.1. The maximum Gasteiger partial charge on any atom is 0.263 e. The average molecular weight is 490 g/mol. The van der Waals surface area contributed by atoms with Crippen molar-refractivity contribution in [3.05, 3.63) is 94.6 Å². The molecule has 0 unspecified atom stereocenters. The van der Waals surface area contributed by atoms with Crippen molar-refractivity contribution in [2.75, 3.05) is 5.75 Å². The molecule has 0 aliphatic rings. The number of fused-ring (bicyclic) bond motifs is 1. The SMILES string of the molecule is C=CCn1c(SCC(=O)N[C@@H](C)CCc2ccccc2)nc2scc(-c3ccccc3)c2c1=O. The number of hydrogen-bond donors (Lipinski definition) is 1. The van der Waals surface area contributed by atoms with Gasteiger partial charge in [0.2, 0.25) is 5.91 Å².